The van der Waals surface area contributed by atoms with Gasteiger partial charge in [-0.3, -0.25) is 0 Å². The first-order valence-electron chi connectivity index (χ1n) is 6.40. The summed E-state index contributed by atoms with van der Waals surface area (Å²) in [5.74, 6) is -0.397. The molecule has 3 aromatic rings. The van der Waals surface area contributed by atoms with E-state index in [0.29, 0.717) is 6.54 Å². The highest BCUT2D eigenvalue weighted by molar-refractivity contribution is 7.13. The summed E-state index contributed by atoms with van der Waals surface area (Å²) in [4.78, 5) is 4.30. The second kappa shape index (κ2) is 6.24. The zero-order valence-corrected chi connectivity index (χ0v) is 12.6. The van der Waals surface area contributed by atoms with Crippen molar-refractivity contribution in [1.82, 2.24) is 4.98 Å². The van der Waals surface area contributed by atoms with E-state index in [-0.39, 0.29) is 5.02 Å². The summed E-state index contributed by atoms with van der Waals surface area (Å²) in [7, 11) is 0. The molecule has 0 aliphatic rings. The summed E-state index contributed by atoms with van der Waals surface area (Å²) in [5, 5.41) is 6.39. The van der Waals surface area contributed by atoms with Gasteiger partial charge in [-0.25, -0.2) is 9.37 Å². The minimum absolute atomic E-state index is 0.144. The molecule has 0 saturated heterocycles. The van der Waals surface area contributed by atoms with Crippen LogP contribution < -0.4 is 5.32 Å². The van der Waals surface area contributed by atoms with Gasteiger partial charge in [-0.05, 0) is 29.8 Å². The summed E-state index contributed by atoms with van der Waals surface area (Å²) in [6, 6.07) is 12.8. The van der Waals surface area contributed by atoms with E-state index < -0.39 is 5.82 Å². The van der Waals surface area contributed by atoms with Gasteiger partial charge in [0, 0.05) is 29.4 Å². The van der Waals surface area contributed by atoms with Crippen molar-refractivity contribution in [3.63, 3.8) is 0 Å². The molecule has 0 aliphatic heterocycles. The molecule has 1 aromatic heterocycles. The first-order valence-corrected chi connectivity index (χ1v) is 7.66. The zero-order chi connectivity index (χ0) is 14.7. The maximum atomic E-state index is 13.1. The SMILES string of the molecule is Fc1ccc(CNc2cccc(-c3nccs3)c2)cc1Cl. The number of anilines is 1. The summed E-state index contributed by atoms with van der Waals surface area (Å²) >= 11 is 7.38. The van der Waals surface area contributed by atoms with Gasteiger partial charge in [-0.2, -0.15) is 0 Å². The third kappa shape index (κ3) is 3.40. The predicted octanol–water partition coefficient (Wildman–Crippen LogP) is 5.21. The first-order chi connectivity index (χ1) is 10.2. The molecule has 1 N–H and O–H groups in total. The van der Waals surface area contributed by atoms with Crippen molar-refractivity contribution < 1.29 is 4.39 Å². The number of aromatic nitrogens is 1. The zero-order valence-electron chi connectivity index (χ0n) is 11.0. The van der Waals surface area contributed by atoms with E-state index in [1.54, 1.807) is 29.7 Å². The molecule has 0 amide bonds. The molecule has 21 heavy (non-hydrogen) atoms. The fraction of sp³-hybridized carbons (Fsp3) is 0.0625. The Morgan fingerprint density at radius 2 is 2.10 bits per heavy atom. The fourth-order valence-electron chi connectivity index (χ4n) is 1.98. The molecular weight excluding hydrogens is 307 g/mol. The minimum atomic E-state index is -0.397. The maximum Gasteiger partial charge on any atom is 0.141 e. The number of hydrogen-bond donors (Lipinski definition) is 1. The van der Waals surface area contributed by atoms with Crippen LogP contribution in [-0.4, -0.2) is 4.98 Å². The Morgan fingerprint density at radius 1 is 1.19 bits per heavy atom. The van der Waals surface area contributed by atoms with Crippen LogP contribution >= 0.6 is 22.9 Å². The largest absolute Gasteiger partial charge is 0.381 e. The van der Waals surface area contributed by atoms with Gasteiger partial charge in [0.1, 0.15) is 10.8 Å². The third-order valence-corrected chi connectivity index (χ3v) is 4.13. The second-order valence-corrected chi connectivity index (χ2v) is 5.82. The summed E-state index contributed by atoms with van der Waals surface area (Å²) in [6.07, 6.45) is 1.79. The van der Waals surface area contributed by atoms with Crippen LogP contribution in [0.4, 0.5) is 10.1 Å². The number of rotatable bonds is 4. The van der Waals surface area contributed by atoms with Crippen molar-refractivity contribution in [3.05, 3.63) is 70.4 Å². The highest BCUT2D eigenvalue weighted by Gasteiger charge is 2.03. The van der Waals surface area contributed by atoms with Gasteiger partial charge in [0.25, 0.3) is 0 Å². The topological polar surface area (TPSA) is 24.9 Å². The summed E-state index contributed by atoms with van der Waals surface area (Å²) < 4.78 is 13.1. The molecule has 0 bridgehead atoms. The smallest absolute Gasteiger partial charge is 0.141 e. The van der Waals surface area contributed by atoms with E-state index >= 15 is 0 Å². The standard InChI is InChI=1S/C16H12ClFN2S/c17-14-8-11(4-5-15(14)18)10-20-13-3-1-2-12(9-13)16-19-6-7-21-16/h1-9,20H,10H2. The number of nitrogens with one attached hydrogen (secondary N) is 1. The maximum absolute atomic E-state index is 13.1. The van der Waals surface area contributed by atoms with Crippen LogP contribution in [0, 0.1) is 5.82 Å². The molecule has 0 fully saturated rings. The quantitative estimate of drug-likeness (QED) is 0.714. The molecule has 106 valence electrons. The number of halogens is 2. The van der Waals surface area contributed by atoms with Crippen molar-refractivity contribution in [2.45, 2.75) is 6.54 Å². The van der Waals surface area contributed by atoms with Crippen LogP contribution in [0.3, 0.4) is 0 Å². The lowest BCUT2D eigenvalue weighted by Gasteiger charge is -2.08. The number of hydrogen-bond acceptors (Lipinski definition) is 3. The van der Waals surface area contributed by atoms with Crippen LogP contribution in [0.15, 0.2) is 54.0 Å². The normalized spacial score (nSPS) is 10.6. The van der Waals surface area contributed by atoms with E-state index in [0.717, 1.165) is 21.8 Å². The van der Waals surface area contributed by atoms with Crippen molar-refractivity contribution in [2.75, 3.05) is 5.32 Å². The van der Waals surface area contributed by atoms with Crippen molar-refractivity contribution in [2.24, 2.45) is 0 Å². The predicted molar refractivity (Wildman–Crippen MR) is 86.3 cm³/mol. The number of nitrogens with zero attached hydrogens (tertiary/aromatic N) is 1. The Morgan fingerprint density at radius 3 is 2.86 bits per heavy atom. The molecule has 3 rings (SSSR count). The monoisotopic (exact) mass is 318 g/mol. The van der Waals surface area contributed by atoms with E-state index in [1.165, 1.54) is 6.07 Å². The molecule has 0 atom stereocenters. The van der Waals surface area contributed by atoms with Gasteiger partial charge >= 0.3 is 0 Å². The van der Waals surface area contributed by atoms with Crippen LogP contribution in [-0.2, 0) is 6.54 Å². The van der Waals surface area contributed by atoms with Gasteiger partial charge in [0.05, 0.1) is 5.02 Å². The molecule has 0 radical (unpaired) electrons. The Bertz CT molecular complexity index is 744. The minimum Gasteiger partial charge on any atom is -0.381 e. The van der Waals surface area contributed by atoms with Crippen molar-refractivity contribution >= 4 is 28.6 Å². The van der Waals surface area contributed by atoms with Gasteiger partial charge in [0.2, 0.25) is 0 Å². The van der Waals surface area contributed by atoms with Crippen LogP contribution in [0.2, 0.25) is 5.02 Å². The highest BCUT2D eigenvalue weighted by Crippen LogP contribution is 2.25. The molecule has 0 unspecified atom stereocenters. The highest BCUT2D eigenvalue weighted by atomic mass is 35.5. The lowest BCUT2D eigenvalue weighted by atomic mass is 10.2. The Kier molecular flexibility index (Phi) is 4.18. The Labute approximate surface area is 131 Å². The third-order valence-electron chi connectivity index (χ3n) is 3.02. The average Bonchev–Trinajstić information content (AvgIpc) is 3.03. The summed E-state index contributed by atoms with van der Waals surface area (Å²) in [5.41, 5.74) is 3.00. The van der Waals surface area contributed by atoms with Crippen molar-refractivity contribution in [3.8, 4) is 10.6 Å². The molecule has 0 spiro atoms. The molecule has 0 saturated carbocycles. The van der Waals surface area contributed by atoms with Crippen LogP contribution in [0.1, 0.15) is 5.56 Å². The lowest BCUT2D eigenvalue weighted by molar-refractivity contribution is 0.627. The number of benzene rings is 2. The van der Waals surface area contributed by atoms with E-state index in [9.17, 15) is 4.39 Å². The second-order valence-electron chi connectivity index (χ2n) is 4.52. The summed E-state index contributed by atoms with van der Waals surface area (Å²) in [6.45, 7) is 0.585. The Balaban J connectivity index is 1.73. The van der Waals surface area contributed by atoms with Gasteiger partial charge in [0.15, 0.2) is 0 Å². The average molecular weight is 319 g/mol. The fourth-order valence-corrected chi connectivity index (χ4v) is 2.82. The molecular formula is C16H12ClFN2S. The lowest BCUT2D eigenvalue weighted by Crippen LogP contribution is -1.99. The molecule has 2 aromatic carbocycles. The molecule has 2 nitrogen and oxygen atoms in total. The van der Waals surface area contributed by atoms with Gasteiger partial charge < -0.3 is 5.32 Å². The number of thiazole rings is 1. The van der Waals surface area contributed by atoms with Crippen molar-refractivity contribution in [1.29, 1.82) is 0 Å². The van der Waals surface area contributed by atoms with Crippen LogP contribution in [0.25, 0.3) is 10.6 Å². The van der Waals surface area contributed by atoms with E-state index in [4.69, 9.17) is 11.6 Å². The molecule has 1 heterocycles. The van der Waals surface area contributed by atoms with Gasteiger partial charge in [-0.15, -0.1) is 11.3 Å². The molecule has 0 aliphatic carbocycles. The first kappa shape index (κ1) is 14.0. The Hall–Kier alpha value is -1.91. The van der Waals surface area contributed by atoms with E-state index in [2.05, 4.69) is 10.3 Å². The van der Waals surface area contributed by atoms with Gasteiger partial charge in [-0.1, -0.05) is 29.8 Å². The molecule has 5 heteroatoms. The van der Waals surface area contributed by atoms with E-state index in [1.807, 2.05) is 29.6 Å². The van der Waals surface area contributed by atoms with Crippen LogP contribution in [0.5, 0.6) is 0 Å².